The average molecular weight is 311 g/mol. The summed E-state index contributed by atoms with van der Waals surface area (Å²) in [5, 5.41) is 5.67. The smallest absolute Gasteiger partial charge is 0.384 e. The Bertz CT molecular complexity index is 480. The number of fused-ring (bicyclic) bond motifs is 1. The number of anilines is 2. The van der Waals surface area contributed by atoms with E-state index >= 15 is 0 Å². The first-order valence-corrected chi connectivity index (χ1v) is 5.75. The number of hydrogen-bond donors (Lipinski definition) is 2. The Kier molecular flexibility index (Phi) is 5.64. The van der Waals surface area contributed by atoms with Crippen molar-refractivity contribution < 1.29 is 22.7 Å². The van der Waals surface area contributed by atoms with Crippen LogP contribution >= 0.6 is 12.4 Å². The Morgan fingerprint density at radius 3 is 2.85 bits per heavy atom. The third-order valence-corrected chi connectivity index (χ3v) is 2.60. The highest BCUT2D eigenvalue weighted by Crippen LogP contribution is 2.25. The van der Waals surface area contributed by atoms with Crippen molar-refractivity contribution in [2.24, 2.45) is 0 Å². The summed E-state index contributed by atoms with van der Waals surface area (Å²) in [4.78, 5) is 11.4. The predicted molar refractivity (Wildman–Crippen MR) is 71.4 cm³/mol. The summed E-state index contributed by atoms with van der Waals surface area (Å²) in [7, 11) is 0. The summed E-state index contributed by atoms with van der Waals surface area (Å²) < 4.78 is 39.7. The first-order chi connectivity index (χ1) is 8.94. The van der Waals surface area contributed by atoms with Gasteiger partial charge in [-0.1, -0.05) is 0 Å². The zero-order valence-corrected chi connectivity index (χ0v) is 11.2. The molecule has 1 aliphatic rings. The molecule has 0 spiro atoms. The van der Waals surface area contributed by atoms with Crippen LogP contribution in [0.4, 0.5) is 24.5 Å². The average Bonchev–Trinajstić information content (AvgIpc) is 2.74. The van der Waals surface area contributed by atoms with Gasteiger partial charge in [0.15, 0.2) is 0 Å². The van der Waals surface area contributed by atoms with Gasteiger partial charge in [0.05, 0.1) is 0 Å². The van der Waals surface area contributed by atoms with Gasteiger partial charge in [0.2, 0.25) is 5.91 Å². The van der Waals surface area contributed by atoms with Gasteiger partial charge in [-0.2, -0.15) is 13.2 Å². The minimum atomic E-state index is -4.42. The van der Waals surface area contributed by atoms with E-state index in [0.717, 1.165) is 24.2 Å². The summed E-state index contributed by atoms with van der Waals surface area (Å²) in [6.07, 6.45) is -3.55. The number of carbonyl (C=O) groups excluding carboxylic acids is 1. The lowest BCUT2D eigenvalue weighted by atomic mass is 10.1. The quantitative estimate of drug-likeness (QED) is 0.899. The summed E-state index contributed by atoms with van der Waals surface area (Å²) >= 11 is 0. The number of halogens is 4. The van der Waals surface area contributed by atoms with Crippen LogP contribution in [0.15, 0.2) is 18.2 Å². The molecule has 0 saturated carbocycles. The number of rotatable bonds is 4. The van der Waals surface area contributed by atoms with E-state index in [1.54, 1.807) is 12.1 Å². The summed E-state index contributed by atoms with van der Waals surface area (Å²) in [5.41, 5.74) is 2.66. The van der Waals surface area contributed by atoms with E-state index in [2.05, 4.69) is 15.4 Å². The van der Waals surface area contributed by atoms with Crippen LogP contribution < -0.4 is 10.6 Å². The maximum absolute atomic E-state index is 11.8. The number of carbonyl (C=O) groups is 1. The molecule has 1 amide bonds. The number of amides is 1. The molecular weight excluding hydrogens is 297 g/mol. The van der Waals surface area contributed by atoms with Crippen LogP contribution in [0, 0.1) is 0 Å². The van der Waals surface area contributed by atoms with Crippen molar-refractivity contribution in [2.75, 3.05) is 30.4 Å². The van der Waals surface area contributed by atoms with E-state index < -0.39 is 25.3 Å². The van der Waals surface area contributed by atoms with Crippen molar-refractivity contribution in [1.82, 2.24) is 0 Å². The fourth-order valence-electron chi connectivity index (χ4n) is 1.84. The Hall–Kier alpha value is -1.47. The maximum Gasteiger partial charge on any atom is 0.411 e. The molecular formula is C12H14ClF3N2O2. The normalized spacial score (nSPS) is 13.2. The van der Waals surface area contributed by atoms with Crippen molar-refractivity contribution in [3.63, 3.8) is 0 Å². The Balaban J connectivity index is 0.00000200. The van der Waals surface area contributed by atoms with E-state index in [4.69, 9.17) is 0 Å². The zero-order chi connectivity index (χ0) is 13.9. The molecule has 20 heavy (non-hydrogen) atoms. The standard InChI is InChI=1S/C12H13F3N2O2.ClH/c13-12(14,15)7-19-6-11(18)17-9-1-2-10-8(5-9)3-4-16-10;/h1-2,5,16H,3-4,6-7H2,(H,17,18);1H. The van der Waals surface area contributed by atoms with Crippen LogP contribution in [0.25, 0.3) is 0 Å². The topological polar surface area (TPSA) is 50.4 Å². The van der Waals surface area contributed by atoms with Gasteiger partial charge in [0.25, 0.3) is 0 Å². The molecule has 0 aliphatic carbocycles. The third-order valence-electron chi connectivity index (χ3n) is 2.60. The highest BCUT2D eigenvalue weighted by atomic mass is 35.5. The van der Waals surface area contributed by atoms with Crippen LogP contribution in [0.2, 0.25) is 0 Å². The molecule has 1 aliphatic heterocycles. The lowest BCUT2D eigenvalue weighted by Crippen LogP contribution is -2.24. The summed E-state index contributed by atoms with van der Waals surface area (Å²) in [6, 6.07) is 5.32. The van der Waals surface area contributed by atoms with Crippen molar-refractivity contribution in [1.29, 1.82) is 0 Å². The second kappa shape index (κ2) is 6.81. The molecule has 112 valence electrons. The van der Waals surface area contributed by atoms with Crippen LogP contribution in [0.5, 0.6) is 0 Å². The fourth-order valence-corrected chi connectivity index (χ4v) is 1.84. The van der Waals surface area contributed by atoms with Gasteiger partial charge in [0.1, 0.15) is 13.2 Å². The zero-order valence-electron chi connectivity index (χ0n) is 10.4. The van der Waals surface area contributed by atoms with Crippen LogP contribution in [-0.2, 0) is 16.0 Å². The molecule has 0 aromatic heterocycles. The van der Waals surface area contributed by atoms with E-state index in [-0.39, 0.29) is 12.4 Å². The maximum atomic E-state index is 11.8. The van der Waals surface area contributed by atoms with Crippen molar-refractivity contribution in [3.8, 4) is 0 Å². The monoisotopic (exact) mass is 310 g/mol. The first-order valence-electron chi connectivity index (χ1n) is 5.75. The number of hydrogen-bond acceptors (Lipinski definition) is 3. The highest BCUT2D eigenvalue weighted by molar-refractivity contribution is 5.92. The molecule has 0 radical (unpaired) electrons. The summed E-state index contributed by atoms with van der Waals surface area (Å²) in [6.45, 7) is -1.19. The van der Waals surface area contributed by atoms with E-state index in [1.807, 2.05) is 6.07 Å². The van der Waals surface area contributed by atoms with Gasteiger partial charge < -0.3 is 15.4 Å². The fraction of sp³-hybridized carbons (Fsp3) is 0.417. The molecule has 0 bridgehead atoms. The van der Waals surface area contributed by atoms with Crippen LogP contribution in [0.3, 0.4) is 0 Å². The first kappa shape index (κ1) is 16.6. The molecule has 0 atom stereocenters. The molecule has 4 nitrogen and oxygen atoms in total. The SMILES string of the molecule is Cl.O=C(COCC(F)(F)F)Nc1ccc2c(c1)CCN2. The van der Waals surface area contributed by atoms with Gasteiger partial charge in [-0.15, -0.1) is 12.4 Å². The molecule has 1 aromatic rings. The minimum Gasteiger partial charge on any atom is -0.384 e. The van der Waals surface area contributed by atoms with Crippen LogP contribution in [-0.4, -0.2) is 31.8 Å². The lowest BCUT2D eigenvalue weighted by molar-refractivity contribution is -0.174. The number of benzene rings is 1. The molecule has 0 saturated heterocycles. The number of nitrogens with one attached hydrogen (secondary N) is 2. The van der Waals surface area contributed by atoms with Crippen molar-refractivity contribution in [3.05, 3.63) is 23.8 Å². The Labute approximate surface area is 120 Å². The third kappa shape index (κ3) is 4.90. The van der Waals surface area contributed by atoms with Gasteiger partial charge in [0, 0.05) is 17.9 Å². The molecule has 0 fully saturated rings. The minimum absolute atomic E-state index is 0. The Morgan fingerprint density at radius 1 is 1.40 bits per heavy atom. The lowest BCUT2D eigenvalue weighted by Gasteiger charge is -2.09. The van der Waals surface area contributed by atoms with E-state index in [0.29, 0.717) is 5.69 Å². The molecule has 1 aromatic carbocycles. The predicted octanol–water partition coefficient (Wildman–Crippen LogP) is 2.59. The Morgan fingerprint density at radius 2 is 2.15 bits per heavy atom. The molecule has 8 heteroatoms. The van der Waals surface area contributed by atoms with Crippen molar-refractivity contribution in [2.45, 2.75) is 12.6 Å². The van der Waals surface area contributed by atoms with Crippen molar-refractivity contribution >= 4 is 29.7 Å². The van der Waals surface area contributed by atoms with Gasteiger partial charge >= 0.3 is 6.18 Å². The second-order valence-electron chi connectivity index (χ2n) is 4.20. The van der Waals surface area contributed by atoms with Gasteiger partial charge in [-0.3, -0.25) is 4.79 Å². The number of alkyl halides is 3. The van der Waals surface area contributed by atoms with E-state index in [9.17, 15) is 18.0 Å². The molecule has 0 unspecified atom stereocenters. The van der Waals surface area contributed by atoms with Gasteiger partial charge in [-0.05, 0) is 30.2 Å². The molecule has 1 heterocycles. The molecule has 2 N–H and O–H groups in total. The largest absolute Gasteiger partial charge is 0.411 e. The van der Waals surface area contributed by atoms with Crippen LogP contribution in [0.1, 0.15) is 5.56 Å². The number of ether oxygens (including phenoxy) is 1. The van der Waals surface area contributed by atoms with Gasteiger partial charge in [-0.25, -0.2) is 0 Å². The molecule has 2 rings (SSSR count). The highest BCUT2D eigenvalue weighted by Gasteiger charge is 2.27. The second-order valence-corrected chi connectivity index (χ2v) is 4.20. The van der Waals surface area contributed by atoms with E-state index in [1.165, 1.54) is 0 Å². The summed E-state index contributed by atoms with van der Waals surface area (Å²) in [5.74, 6) is -0.602.